The van der Waals surface area contributed by atoms with Crippen molar-refractivity contribution in [3.05, 3.63) is 58.9 Å². The van der Waals surface area contributed by atoms with E-state index in [2.05, 4.69) is 10.3 Å². The Morgan fingerprint density at radius 3 is 2.79 bits per heavy atom. The minimum Gasteiger partial charge on any atom is -0.387 e. The number of nitrogens with zero attached hydrogens (tertiary/aromatic N) is 1. The maximum atomic E-state index is 13.3. The van der Waals surface area contributed by atoms with Gasteiger partial charge in [0.05, 0.1) is 5.69 Å². The molecule has 96 valence electrons. The van der Waals surface area contributed by atoms with Crippen LogP contribution in [0.5, 0.6) is 0 Å². The number of aryl methyl sites for hydroxylation is 1. The molecule has 0 atom stereocenters. The van der Waals surface area contributed by atoms with Gasteiger partial charge in [-0.1, -0.05) is 0 Å². The molecular formula is C15H12F2N2. The van der Waals surface area contributed by atoms with Crippen molar-refractivity contribution in [3.63, 3.8) is 0 Å². The molecule has 0 bridgehead atoms. The Morgan fingerprint density at radius 1 is 1.16 bits per heavy atom. The van der Waals surface area contributed by atoms with Gasteiger partial charge in [0.15, 0.2) is 11.6 Å². The second-order valence-corrected chi connectivity index (χ2v) is 4.50. The van der Waals surface area contributed by atoms with Gasteiger partial charge in [-0.2, -0.15) is 0 Å². The number of nitrogens with one attached hydrogen (secondary N) is 1. The van der Waals surface area contributed by atoms with E-state index in [1.54, 1.807) is 0 Å². The third kappa shape index (κ3) is 2.10. The summed E-state index contributed by atoms with van der Waals surface area (Å²) in [4.78, 5) is 4.46. The topological polar surface area (TPSA) is 24.9 Å². The average molecular weight is 258 g/mol. The van der Waals surface area contributed by atoms with Crippen molar-refractivity contribution in [1.29, 1.82) is 0 Å². The van der Waals surface area contributed by atoms with Crippen LogP contribution in [0, 0.1) is 18.6 Å². The molecule has 3 rings (SSSR count). The lowest BCUT2D eigenvalue weighted by atomic mass is 10.0. The molecule has 2 aromatic rings. The first-order valence-corrected chi connectivity index (χ1v) is 6.01. The largest absolute Gasteiger partial charge is 0.387 e. The molecule has 1 aliphatic rings. The van der Waals surface area contributed by atoms with Crippen LogP contribution >= 0.6 is 0 Å². The van der Waals surface area contributed by atoms with Crippen LogP contribution in [0.25, 0.3) is 17.3 Å². The lowest BCUT2D eigenvalue weighted by molar-refractivity contribution is 0.509. The third-order valence-electron chi connectivity index (χ3n) is 3.24. The van der Waals surface area contributed by atoms with Gasteiger partial charge in [-0.15, -0.1) is 0 Å². The number of aromatic nitrogens is 1. The summed E-state index contributed by atoms with van der Waals surface area (Å²) in [7, 11) is 0. The fraction of sp³-hybridized carbons (Fsp3) is 0.133. The highest BCUT2D eigenvalue weighted by molar-refractivity contribution is 5.67. The maximum Gasteiger partial charge on any atom is 0.159 e. The predicted octanol–water partition coefficient (Wildman–Crippen LogP) is 3.41. The number of hydrogen-bond donors (Lipinski definition) is 1. The van der Waals surface area contributed by atoms with Gasteiger partial charge < -0.3 is 5.32 Å². The standard InChI is InChI=1S/C15H12F2N2/c1-9-12-8-18-5-4-10(12)7-15(19-9)11-2-3-13(16)14(17)6-11/h2-7,18H,8H2,1H3. The van der Waals surface area contributed by atoms with Crippen LogP contribution in [0.3, 0.4) is 0 Å². The van der Waals surface area contributed by atoms with Crippen LogP contribution in [0.4, 0.5) is 8.78 Å². The Bertz CT molecular complexity index is 678. The number of rotatable bonds is 1. The Labute approximate surface area is 109 Å². The minimum atomic E-state index is -0.855. The van der Waals surface area contributed by atoms with Crippen molar-refractivity contribution in [1.82, 2.24) is 10.3 Å². The van der Waals surface area contributed by atoms with Crippen molar-refractivity contribution in [2.75, 3.05) is 0 Å². The molecule has 1 N–H and O–H groups in total. The average Bonchev–Trinajstić information content (AvgIpc) is 2.42. The second kappa shape index (κ2) is 4.46. The quantitative estimate of drug-likeness (QED) is 0.847. The van der Waals surface area contributed by atoms with Gasteiger partial charge in [-0.25, -0.2) is 8.78 Å². The van der Waals surface area contributed by atoms with E-state index in [-0.39, 0.29) is 0 Å². The van der Waals surface area contributed by atoms with Gasteiger partial charge in [-0.3, -0.25) is 4.98 Å². The fourth-order valence-corrected chi connectivity index (χ4v) is 2.22. The monoisotopic (exact) mass is 258 g/mol. The van der Waals surface area contributed by atoms with Gasteiger partial charge in [0.2, 0.25) is 0 Å². The van der Waals surface area contributed by atoms with Crippen LogP contribution in [-0.2, 0) is 6.54 Å². The number of fused-ring (bicyclic) bond motifs is 1. The highest BCUT2D eigenvalue weighted by atomic mass is 19.2. The highest BCUT2D eigenvalue weighted by Crippen LogP contribution is 2.25. The van der Waals surface area contributed by atoms with E-state index in [0.717, 1.165) is 29.4 Å². The SMILES string of the molecule is Cc1nc(-c2ccc(F)c(F)c2)cc2c1CNC=C2. The van der Waals surface area contributed by atoms with Crippen LogP contribution in [-0.4, -0.2) is 4.98 Å². The zero-order chi connectivity index (χ0) is 13.4. The van der Waals surface area contributed by atoms with Gasteiger partial charge in [0, 0.05) is 17.8 Å². The summed E-state index contributed by atoms with van der Waals surface area (Å²) >= 11 is 0. The first-order valence-electron chi connectivity index (χ1n) is 6.01. The predicted molar refractivity (Wildman–Crippen MR) is 70.2 cm³/mol. The molecule has 1 aromatic heterocycles. The second-order valence-electron chi connectivity index (χ2n) is 4.50. The van der Waals surface area contributed by atoms with E-state index in [0.29, 0.717) is 11.3 Å². The van der Waals surface area contributed by atoms with Crippen molar-refractivity contribution in [2.24, 2.45) is 0 Å². The van der Waals surface area contributed by atoms with Crippen LogP contribution in [0.1, 0.15) is 16.8 Å². The Morgan fingerprint density at radius 2 is 2.00 bits per heavy atom. The normalized spacial score (nSPS) is 13.0. The smallest absolute Gasteiger partial charge is 0.159 e. The molecule has 0 unspecified atom stereocenters. The molecule has 0 amide bonds. The molecule has 0 saturated carbocycles. The molecule has 0 fully saturated rings. The van der Waals surface area contributed by atoms with Gasteiger partial charge >= 0.3 is 0 Å². The molecule has 2 nitrogen and oxygen atoms in total. The summed E-state index contributed by atoms with van der Waals surface area (Å²) in [5.74, 6) is -1.70. The van der Waals surface area contributed by atoms with Crippen LogP contribution in [0.2, 0.25) is 0 Å². The number of halogens is 2. The highest BCUT2D eigenvalue weighted by Gasteiger charge is 2.12. The van der Waals surface area contributed by atoms with Crippen molar-refractivity contribution < 1.29 is 8.78 Å². The Hall–Kier alpha value is -2.23. The number of benzene rings is 1. The van der Waals surface area contributed by atoms with E-state index >= 15 is 0 Å². The molecule has 2 heterocycles. The Kier molecular flexibility index (Phi) is 2.78. The molecule has 0 saturated heterocycles. The third-order valence-corrected chi connectivity index (χ3v) is 3.24. The van der Waals surface area contributed by atoms with Crippen molar-refractivity contribution in [2.45, 2.75) is 13.5 Å². The molecule has 0 aliphatic carbocycles. The summed E-state index contributed by atoms with van der Waals surface area (Å²) in [5.41, 5.74) is 4.33. The zero-order valence-electron chi connectivity index (χ0n) is 10.4. The first kappa shape index (κ1) is 11.8. The van der Waals surface area contributed by atoms with E-state index in [4.69, 9.17) is 0 Å². The zero-order valence-corrected chi connectivity index (χ0v) is 10.4. The van der Waals surface area contributed by atoms with Gasteiger partial charge in [0.1, 0.15) is 0 Å². The van der Waals surface area contributed by atoms with Crippen LogP contribution in [0.15, 0.2) is 30.5 Å². The van der Waals surface area contributed by atoms with E-state index < -0.39 is 11.6 Å². The lowest BCUT2D eigenvalue weighted by Crippen LogP contribution is -2.13. The summed E-state index contributed by atoms with van der Waals surface area (Å²) in [6.07, 6.45) is 3.83. The van der Waals surface area contributed by atoms with Crippen molar-refractivity contribution in [3.8, 4) is 11.3 Å². The first-order chi connectivity index (χ1) is 9.15. The maximum absolute atomic E-state index is 13.3. The summed E-state index contributed by atoms with van der Waals surface area (Å²) in [6.45, 7) is 2.66. The number of pyridine rings is 1. The molecule has 4 heteroatoms. The summed E-state index contributed by atoms with van der Waals surface area (Å²) in [5, 5.41) is 3.13. The minimum absolute atomic E-state index is 0.580. The lowest BCUT2D eigenvalue weighted by Gasteiger charge is -2.16. The number of hydrogen-bond acceptors (Lipinski definition) is 2. The molecule has 1 aliphatic heterocycles. The van der Waals surface area contributed by atoms with E-state index in [9.17, 15) is 8.78 Å². The molecular weight excluding hydrogens is 246 g/mol. The van der Waals surface area contributed by atoms with E-state index in [1.807, 2.05) is 25.3 Å². The van der Waals surface area contributed by atoms with Crippen LogP contribution < -0.4 is 5.32 Å². The summed E-state index contributed by atoms with van der Waals surface area (Å²) in [6, 6.07) is 5.73. The van der Waals surface area contributed by atoms with Gasteiger partial charge in [-0.05, 0) is 54.6 Å². The molecule has 1 aromatic carbocycles. The molecule has 19 heavy (non-hydrogen) atoms. The Balaban J connectivity index is 2.13. The fourth-order valence-electron chi connectivity index (χ4n) is 2.22. The van der Waals surface area contributed by atoms with Crippen molar-refractivity contribution >= 4 is 6.08 Å². The molecule has 0 spiro atoms. The summed E-state index contributed by atoms with van der Waals surface area (Å²) < 4.78 is 26.2. The van der Waals surface area contributed by atoms with Gasteiger partial charge in [0.25, 0.3) is 0 Å². The van der Waals surface area contributed by atoms with E-state index in [1.165, 1.54) is 12.1 Å². The molecule has 0 radical (unpaired) electrons.